The summed E-state index contributed by atoms with van der Waals surface area (Å²) >= 11 is 1.46. The molecule has 0 bridgehead atoms. The van der Waals surface area contributed by atoms with Gasteiger partial charge < -0.3 is 4.42 Å². The molecule has 9 heteroatoms. The third-order valence-corrected chi connectivity index (χ3v) is 4.61. The number of fused-ring (bicyclic) bond motifs is 1. The zero-order valence-electron chi connectivity index (χ0n) is 11.6. The second-order valence-electron chi connectivity index (χ2n) is 4.77. The van der Waals surface area contributed by atoms with E-state index in [1.807, 2.05) is 11.4 Å². The number of thiazole rings is 1. The Morgan fingerprint density at radius 1 is 1.41 bits per heavy atom. The molecule has 116 valence electrons. The number of rotatable bonds is 5. The number of nitrogens with zero attached hydrogens (tertiary/aromatic N) is 1. The molecule has 0 aliphatic rings. The molecule has 22 heavy (non-hydrogen) atoms. The van der Waals surface area contributed by atoms with Gasteiger partial charge in [0.15, 0.2) is 5.58 Å². The number of oxazole rings is 1. The van der Waals surface area contributed by atoms with Crippen molar-refractivity contribution >= 4 is 32.5 Å². The van der Waals surface area contributed by atoms with Crippen molar-refractivity contribution in [2.24, 2.45) is 0 Å². The fraction of sp³-hybridized carbons (Fsp3) is 0.231. The number of sulfonamides is 1. The van der Waals surface area contributed by atoms with E-state index in [0.29, 0.717) is 24.1 Å². The second-order valence-corrected chi connectivity index (χ2v) is 7.54. The molecule has 0 radical (unpaired) electrons. The zero-order chi connectivity index (χ0) is 15.7. The third kappa shape index (κ3) is 3.43. The molecular formula is C13H13N3O4S2. The van der Waals surface area contributed by atoms with Gasteiger partial charge in [-0.3, -0.25) is 4.98 Å². The molecule has 0 aliphatic carbocycles. The van der Waals surface area contributed by atoms with Gasteiger partial charge in [-0.2, -0.15) is 0 Å². The second kappa shape index (κ2) is 5.67. The van der Waals surface area contributed by atoms with E-state index < -0.39 is 15.8 Å². The summed E-state index contributed by atoms with van der Waals surface area (Å²) < 4.78 is 29.5. The molecule has 3 aromatic rings. The molecular weight excluding hydrogens is 326 g/mol. The van der Waals surface area contributed by atoms with Crippen LogP contribution in [0.1, 0.15) is 5.01 Å². The molecule has 3 rings (SSSR count). The molecule has 2 heterocycles. The van der Waals surface area contributed by atoms with E-state index in [-0.39, 0.29) is 0 Å². The number of hydrogen-bond acceptors (Lipinski definition) is 6. The average Bonchev–Trinajstić information content (AvgIpc) is 3.01. The maximum Gasteiger partial charge on any atom is 0.417 e. The SMILES string of the molecule is CS(=O)(=O)NCCc1nc(-c2ccc3[nH]c(=O)oc3c2)cs1. The lowest BCUT2D eigenvalue weighted by molar-refractivity contribution is 0.555. The van der Waals surface area contributed by atoms with Crippen molar-refractivity contribution < 1.29 is 12.8 Å². The van der Waals surface area contributed by atoms with Gasteiger partial charge in [-0.15, -0.1) is 11.3 Å². The lowest BCUT2D eigenvalue weighted by Gasteiger charge is -1.99. The zero-order valence-corrected chi connectivity index (χ0v) is 13.3. The Morgan fingerprint density at radius 2 is 2.23 bits per heavy atom. The minimum Gasteiger partial charge on any atom is -0.408 e. The molecule has 1 aromatic carbocycles. The minimum absolute atomic E-state index is 0.317. The van der Waals surface area contributed by atoms with Gasteiger partial charge in [0.2, 0.25) is 10.0 Å². The Bertz CT molecular complexity index is 969. The van der Waals surface area contributed by atoms with Crippen LogP contribution in [0.2, 0.25) is 0 Å². The minimum atomic E-state index is -3.18. The molecule has 0 spiro atoms. The highest BCUT2D eigenvalue weighted by molar-refractivity contribution is 7.88. The highest BCUT2D eigenvalue weighted by Crippen LogP contribution is 2.25. The summed E-state index contributed by atoms with van der Waals surface area (Å²) in [5, 5.41) is 2.73. The van der Waals surface area contributed by atoms with E-state index in [1.54, 1.807) is 12.1 Å². The molecule has 2 N–H and O–H groups in total. The first-order chi connectivity index (χ1) is 10.4. The Kier molecular flexibility index (Phi) is 3.85. The number of H-pyrrole nitrogens is 1. The molecule has 0 aliphatic heterocycles. The molecule has 0 saturated heterocycles. The first-order valence-corrected chi connectivity index (χ1v) is 9.20. The van der Waals surface area contributed by atoms with Crippen molar-refractivity contribution in [3.8, 4) is 11.3 Å². The first kappa shape index (κ1) is 14.9. The van der Waals surface area contributed by atoms with Crippen LogP contribution < -0.4 is 10.5 Å². The van der Waals surface area contributed by atoms with Gasteiger partial charge in [-0.05, 0) is 12.1 Å². The standard InChI is InChI=1S/C13H13N3O4S2/c1-22(18,19)14-5-4-12-15-10(7-21-12)8-2-3-9-11(6-8)20-13(17)16-9/h2-3,6-7,14H,4-5H2,1H3,(H,16,17). The largest absolute Gasteiger partial charge is 0.417 e. The van der Waals surface area contributed by atoms with Crippen LogP contribution in [0.3, 0.4) is 0 Å². The number of aromatic amines is 1. The Labute approximate surface area is 130 Å². The summed E-state index contributed by atoms with van der Waals surface area (Å²) in [7, 11) is -3.18. The van der Waals surface area contributed by atoms with E-state index in [2.05, 4.69) is 14.7 Å². The average molecular weight is 339 g/mol. The molecule has 0 fully saturated rings. The predicted molar refractivity (Wildman–Crippen MR) is 84.5 cm³/mol. The highest BCUT2D eigenvalue weighted by Gasteiger charge is 2.08. The smallest absolute Gasteiger partial charge is 0.408 e. The molecule has 7 nitrogen and oxygen atoms in total. The van der Waals surface area contributed by atoms with Crippen molar-refractivity contribution in [2.75, 3.05) is 12.8 Å². The summed E-state index contributed by atoms with van der Waals surface area (Å²) in [6.45, 7) is 0.317. The highest BCUT2D eigenvalue weighted by atomic mass is 32.2. The summed E-state index contributed by atoms with van der Waals surface area (Å²) in [5.74, 6) is -0.488. The van der Waals surface area contributed by atoms with Crippen molar-refractivity contribution in [1.29, 1.82) is 0 Å². The van der Waals surface area contributed by atoms with Gasteiger partial charge in [-0.25, -0.2) is 22.9 Å². The summed E-state index contributed by atoms with van der Waals surface area (Å²) in [6, 6.07) is 5.36. The van der Waals surface area contributed by atoms with Gasteiger partial charge >= 0.3 is 5.76 Å². The third-order valence-electron chi connectivity index (χ3n) is 2.97. The van der Waals surface area contributed by atoms with Gasteiger partial charge in [0.1, 0.15) is 0 Å². The van der Waals surface area contributed by atoms with Gasteiger partial charge in [0, 0.05) is 23.9 Å². The maximum atomic E-state index is 11.1. The van der Waals surface area contributed by atoms with Crippen molar-refractivity contribution in [2.45, 2.75) is 6.42 Å². The number of aromatic nitrogens is 2. The summed E-state index contributed by atoms with van der Waals surface area (Å²) in [4.78, 5) is 18.2. The van der Waals surface area contributed by atoms with E-state index in [4.69, 9.17) is 4.42 Å². The van der Waals surface area contributed by atoms with E-state index in [0.717, 1.165) is 22.5 Å². The molecule has 0 saturated carbocycles. The molecule has 2 aromatic heterocycles. The summed E-state index contributed by atoms with van der Waals surface area (Å²) in [6.07, 6.45) is 1.65. The molecule has 0 unspecified atom stereocenters. The van der Waals surface area contributed by atoms with Crippen LogP contribution in [0.4, 0.5) is 0 Å². The van der Waals surface area contributed by atoms with Crippen LogP contribution in [0.5, 0.6) is 0 Å². The monoisotopic (exact) mass is 339 g/mol. The molecule has 0 atom stereocenters. The number of nitrogens with one attached hydrogen (secondary N) is 2. The van der Waals surface area contributed by atoms with Crippen molar-refractivity contribution in [3.05, 3.63) is 39.1 Å². The van der Waals surface area contributed by atoms with Crippen molar-refractivity contribution in [1.82, 2.24) is 14.7 Å². The lowest BCUT2D eigenvalue weighted by atomic mass is 10.1. The van der Waals surface area contributed by atoms with Crippen LogP contribution in [0.15, 0.2) is 32.8 Å². The predicted octanol–water partition coefficient (Wildman–Crippen LogP) is 1.34. The fourth-order valence-electron chi connectivity index (χ4n) is 2.01. The number of benzene rings is 1. The van der Waals surface area contributed by atoms with Gasteiger partial charge in [0.05, 0.1) is 22.5 Å². The van der Waals surface area contributed by atoms with Crippen LogP contribution in [-0.4, -0.2) is 31.2 Å². The van der Waals surface area contributed by atoms with Crippen LogP contribution in [-0.2, 0) is 16.4 Å². The Balaban J connectivity index is 1.78. The first-order valence-electron chi connectivity index (χ1n) is 6.43. The summed E-state index contributed by atoms with van der Waals surface area (Å²) in [5.41, 5.74) is 2.73. The van der Waals surface area contributed by atoms with E-state index in [9.17, 15) is 13.2 Å². The maximum absolute atomic E-state index is 11.1. The normalized spacial score (nSPS) is 12.0. The number of hydrogen-bond donors (Lipinski definition) is 2. The fourth-order valence-corrected chi connectivity index (χ4v) is 3.29. The van der Waals surface area contributed by atoms with Crippen LogP contribution in [0, 0.1) is 0 Å². The van der Waals surface area contributed by atoms with Gasteiger partial charge in [0.25, 0.3) is 0 Å². The molecule has 0 amide bonds. The Hall–Kier alpha value is -1.97. The lowest BCUT2D eigenvalue weighted by Crippen LogP contribution is -2.24. The topological polar surface area (TPSA) is 105 Å². The van der Waals surface area contributed by atoms with E-state index in [1.165, 1.54) is 11.3 Å². The quantitative estimate of drug-likeness (QED) is 0.730. The van der Waals surface area contributed by atoms with Crippen LogP contribution in [0.25, 0.3) is 22.4 Å². The van der Waals surface area contributed by atoms with Gasteiger partial charge in [-0.1, -0.05) is 6.07 Å². The van der Waals surface area contributed by atoms with Crippen LogP contribution >= 0.6 is 11.3 Å². The van der Waals surface area contributed by atoms with E-state index >= 15 is 0 Å². The van der Waals surface area contributed by atoms with Crippen molar-refractivity contribution in [3.63, 3.8) is 0 Å². The Morgan fingerprint density at radius 3 is 3.00 bits per heavy atom.